The van der Waals surface area contributed by atoms with Crippen LogP contribution < -0.4 is 0 Å². The first kappa shape index (κ1) is 15.7. The van der Waals surface area contributed by atoms with Crippen LogP contribution in [0.15, 0.2) is 97.1 Å². The van der Waals surface area contributed by atoms with Gasteiger partial charge in [0.1, 0.15) is 0 Å². The Bertz CT molecular complexity index is 1510. The van der Waals surface area contributed by atoms with Gasteiger partial charge in [-0.2, -0.15) is 0 Å². The Morgan fingerprint density at radius 1 is 0.536 bits per heavy atom. The van der Waals surface area contributed by atoms with E-state index in [1.165, 1.54) is 43.4 Å². The van der Waals surface area contributed by atoms with Crippen LogP contribution in [0.25, 0.3) is 49.0 Å². The van der Waals surface area contributed by atoms with Gasteiger partial charge in [0.15, 0.2) is 0 Å². The zero-order valence-electron chi connectivity index (χ0n) is 15.1. The smallest absolute Gasteiger partial charge is 0.0626 e. The third kappa shape index (κ3) is 2.08. The monoisotopic (exact) mass is 377 g/mol. The van der Waals surface area contributed by atoms with Crippen LogP contribution in [0.4, 0.5) is 0 Å². The van der Waals surface area contributed by atoms with E-state index in [0.717, 1.165) is 10.7 Å². The van der Waals surface area contributed by atoms with E-state index in [-0.39, 0.29) is 0 Å². The lowest BCUT2D eigenvalue weighted by atomic mass is 9.97. The van der Waals surface area contributed by atoms with Gasteiger partial charge in [0.25, 0.3) is 0 Å². The molecule has 2 heteroatoms. The number of aromatic nitrogens is 1. The lowest BCUT2D eigenvalue weighted by molar-refractivity contribution is 1.19. The summed E-state index contributed by atoms with van der Waals surface area (Å²) in [6.07, 6.45) is 0. The highest BCUT2D eigenvalue weighted by molar-refractivity contribution is 6.35. The molecule has 6 aromatic rings. The molecule has 0 fully saturated rings. The zero-order valence-corrected chi connectivity index (χ0v) is 15.8. The molecule has 0 spiro atoms. The number of nitrogens with zero attached hydrogens (tertiary/aromatic N) is 1. The van der Waals surface area contributed by atoms with Crippen molar-refractivity contribution in [1.82, 2.24) is 4.57 Å². The fourth-order valence-corrected chi connectivity index (χ4v) is 4.67. The predicted octanol–water partition coefficient (Wildman–Crippen LogP) is 7.74. The van der Waals surface area contributed by atoms with Crippen LogP contribution in [0.5, 0.6) is 0 Å². The van der Waals surface area contributed by atoms with Gasteiger partial charge < -0.3 is 4.57 Å². The van der Waals surface area contributed by atoms with Crippen molar-refractivity contribution in [2.45, 2.75) is 0 Å². The highest BCUT2D eigenvalue weighted by atomic mass is 35.5. The van der Waals surface area contributed by atoms with Gasteiger partial charge >= 0.3 is 0 Å². The van der Waals surface area contributed by atoms with Crippen molar-refractivity contribution in [2.24, 2.45) is 0 Å². The molecule has 0 aliphatic heterocycles. The van der Waals surface area contributed by atoms with Gasteiger partial charge in [0, 0.05) is 26.9 Å². The van der Waals surface area contributed by atoms with E-state index in [2.05, 4.69) is 95.6 Å². The number of para-hydroxylation sites is 2. The number of hydrogen-bond donors (Lipinski definition) is 0. The van der Waals surface area contributed by atoms with Gasteiger partial charge in [-0.05, 0) is 46.5 Å². The molecule has 0 atom stereocenters. The molecule has 0 saturated heterocycles. The van der Waals surface area contributed by atoms with E-state index in [4.69, 9.17) is 11.6 Å². The molecule has 132 valence electrons. The SMILES string of the molecule is Clc1ccc2c3ccccc3c3c4ccccc4n(-c4ccccc4)c3c2c1. The molecule has 0 saturated carbocycles. The quantitative estimate of drug-likeness (QED) is 0.258. The van der Waals surface area contributed by atoms with Crippen LogP contribution in [-0.4, -0.2) is 4.57 Å². The molecular formula is C26H16ClN. The van der Waals surface area contributed by atoms with Gasteiger partial charge in [-0.25, -0.2) is 0 Å². The maximum Gasteiger partial charge on any atom is 0.0626 e. The summed E-state index contributed by atoms with van der Waals surface area (Å²) >= 11 is 6.46. The lowest BCUT2D eigenvalue weighted by Gasteiger charge is -2.12. The largest absolute Gasteiger partial charge is 0.309 e. The maximum atomic E-state index is 6.46. The van der Waals surface area contributed by atoms with Crippen molar-refractivity contribution >= 4 is 55.0 Å². The molecule has 0 N–H and O–H groups in total. The average Bonchev–Trinajstić information content (AvgIpc) is 3.10. The summed E-state index contributed by atoms with van der Waals surface area (Å²) in [5.41, 5.74) is 3.58. The van der Waals surface area contributed by atoms with E-state index < -0.39 is 0 Å². The molecule has 0 aliphatic carbocycles. The Morgan fingerprint density at radius 2 is 1.18 bits per heavy atom. The van der Waals surface area contributed by atoms with Crippen molar-refractivity contribution in [2.75, 3.05) is 0 Å². The first-order valence-electron chi connectivity index (χ1n) is 9.41. The van der Waals surface area contributed by atoms with Gasteiger partial charge in [-0.1, -0.05) is 78.3 Å². The fourth-order valence-electron chi connectivity index (χ4n) is 4.50. The highest BCUT2D eigenvalue weighted by Gasteiger charge is 2.18. The molecular weight excluding hydrogens is 362 g/mol. The predicted molar refractivity (Wildman–Crippen MR) is 121 cm³/mol. The van der Waals surface area contributed by atoms with E-state index in [9.17, 15) is 0 Å². The molecule has 1 heterocycles. The van der Waals surface area contributed by atoms with Gasteiger partial charge in [-0.3, -0.25) is 0 Å². The van der Waals surface area contributed by atoms with Crippen LogP contribution in [0, 0.1) is 0 Å². The molecule has 0 amide bonds. The molecule has 0 bridgehead atoms. The van der Waals surface area contributed by atoms with E-state index in [0.29, 0.717) is 0 Å². The molecule has 5 aromatic carbocycles. The molecule has 1 aromatic heterocycles. The normalized spacial score (nSPS) is 11.8. The summed E-state index contributed by atoms with van der Waals surface area (Å²) in [5, 5.41) is 8.25. The molecule has 6 rings (SSSR count). The third-order valence-electron chi connectivity index (χ3n) is 5.61. The van der Waals surface area contributed by atoms with Gasteiger partial charge in [-0.15, -0.1) is 0 Å². The zero-order chi connectivity index (χ0) is 18.7. The topological polar surface area (TPSA) is 4.93 Å². The fraction of sp³-hybridized carbons (Fsp3) is 0. The standard InChI is InChI=1S/C26H16ClN/c27-17-14-15-20-19-10-4-5-11-21(19)25-22-12-6-7-13-24(22)28(26(25)23(20)16-17)18-8-2-1-3-9-18/h1-16H. The van der Waals surface area contributed by atoms with Crippen LogP contribution in [0.3, 0.4) is 0 Å². The molecule has 0 radical (unpaired) electrons. The van der Waals surface area contributed by atoms with Crippen molar-refractivity contribution in [3.63, 3.8) is 0 Å². The average molecular weight is 378 g/mol. The first-order valence-corrected chi connectivity index (χ1v) is 9.79. The van der Waals surface area contributed by atoms with Crippen LogP contribution in [0.1, 0.15) is 0 Å². The molecule has 0 unspecified atom stereocenters. The first-order chi connectivity index (χ1) is 13.8. The minimum absolute atomic E-state index is 0.758. The lowest BCUT2D eigenvalue weighted by Crippen LogP contribution is -1.94. The number of fused-ring (bicyclic) bond motifs is 8. The van der Waals surface area contributed by atoms with Crippen LogP contribution in [-0.2, 0) is 0 Å². The van der Waals surface area contributed by atoms with E-state index in [1.807, 2.05) is 6.07 Å². The number of halogens is 1. The summed E-state index contributed by atoms with van der Waals surface area (Å²) in [6, 6.07) is 34.1. The maximum absolute atomic E-state index is 6.46. The van der Waals surface area contributed by atoms with Crippen molar-refractivity contribution in [1.29, 1.82) is 0 Å². The number of benzene rings is 5. The second-order valence-electron chi connectivity index (χ2n) is 7.15. The Labute approximate surface area is 167 Å². The Hall–Kier alpha value is -3.29. The van der Waals surface area contributed by atoms with Gasteiger partial charge in [0.2, 0.25) is 0 Å². The van der Waals surface area contributed by atoms with Gasteiger partial charge in [0.05, 0.1) is 11.0 Å². The molecule has 1 nitrogen and oxygen atoms in total. The Kier molecular flexibility index (Phi) is 3.29. The van der Waals surface area contributed by atoms with Crippen molar-refractivity contribution < 1.29 is 0 Å². The second kappa shape index (κ2) is 5.85. The highest BCUT2D eigenvalue weighted by Crippen LogP contribution is 2.42. The van der Waals surface area contributed by atoms with Crippen molar-refractivity contribution in [3.05, 3.63) is 102 Å². The number of rotatable bonds is 1. The van der Waals surface area contributed by atoms with E-state index >= 15 is 0 Å². The summed E-state index contributed by atoms with van der Waals surface area (Å²) in [6.45, 7) is 0. The Morgan fingerprint density at radius 3 is 2.00 bits per heavy atom. The van der Waals surface area contributed by atoms with E-state index in [1.54, 1.807) is 0 Å². The molecule has 0 aliphatic rings. The summed E-state index contributed by atoms with van der Waals surface area (Å²) in [5.74, 6) is 0. The second-order valence-corrected chi connectivity index (χ2v) is 7.58. The Balaban J connectivity index is 2.02. The van der Waals surface area contributed by atoms with Crippen LogP contribution >= 0.6 is 11.6 Å². The van der Waals surface area contributed by atoms with Crippen molar-refractivity contribution in [3.8, 4) is 5.69 Å². The summed E-state index contributed by atoms with van der Waals surface area (Å²) < 4.78 is 2.37. The summed E-state index contributed by atoms with van der Waals surface area (Å²) in [7, 11) is 0. The minimum Gasteiger partial charge on any atom is -0.309 e. The summed E-state index contributed by atoms with van der Waals surface area (Å²) in [4.78, 5) is 0. The van der Waals surface area contributed by atoms with Crippen LogP contribution in [0.2, 0.25) is 5.02 Å². The minimum atomic E-state index is 0.758. The number of hydrogen-bond acceptors (Lipinski definition) is 0. The third-order valence-corrected chi connectivity index (χ3v) is 5.85. The molecule has 28 heavy (non-hydrogen) atoms.